The van der Waals surface area contributed by atoms with Crippen LogP contribution in [0.25, 0.3) is 0 Å². The highest BCUT2D eigenvalue weighted by atomic mass is 35.5. The van der Waals surface area contributed by atoms with Crippen molar-refractivity contribution in [1.82, 2.24) is 0 Å². The van der Waals surface area contributed by atoms with E-state index in [1.807, 2.05) is 12.1 Å². The smallest absolute Gasteiger partial charge is 0.340 e. The molecule has 0 radical (unpaired) electrons. The summed E-state index contributed by atoms with van der Waals surface area (Å²) in [7, 11) is 0. The Bertz CT molecular complexity index is 1070. The first-order valence-corrected chi connectivity index (χ1v) is 8.84. The van der Waals surface area contributed by atoms with Crippen molar-refractivity contribution in [3.63, 3.8) is 0 Å². The van der Waals surface area contributed by atoms with Gasteiger partial charge in [0.05, 0.1) is 5.56 Å². The molecule has 2 aliphatic rings. The van der Waals surface area contributed by atoms with Gasteiger partial charge in [-0.25, -0.2) is 4.79 Å². The Kier molecular flexibility index (Phi) is 3.21. The number of carbonyl (C=O) groups is 1. The summed E-state index contributed by atoms with van der Waals surface area (Å²) in [4.78, 5) is 12.8. The summed E-state index contributed by atoms with van der Waals surface area (Å²) >= 11 is 5.92. The standard InChI is InChI=1S/C21H13ClO5/c22-10-11-1-4-15-14(7-11)20(25)27-21(15)16-5-2-12(23)8-18(16)26-19-9-13(24)3-6-17(19)21/h1-9,23-24H,10H2. The molecule has 0 bridgehead atoms. The van der Waals surface area contributed by atoms with E-state index in [1.54, 1.807) is 18.2 Å². The van der Waals surface area contributed by atoms with Crippen LogP contribution in [0, 0.1) is 0 Å². The van der Waals surface area contributed by atoms with Crippen molar-refractivity contribution < 1.29 is 24.5 Å². The number of halogens is 1. The van der Waals surface area contributed by atoms with Gasteiger partial charge in [-0.05, 0) is 35.9 Å². The Morgan fingerprint density at radius 3 is 2.04 bits per heavy atom. The molecule has 134 valence electrons. The Balaban J connectivity index is 1.87. The first-order valence-electron chi connectivity index (χ1n) is 8.30. The number of aromatic hydroxyl groups is 2. The second kappa shape index (κ2) is 5.41. The number of benzene rings is 3. The molecule has 6 heteroatoms. The van der Waals surface area contributed by atoms with Crippen molar-refractivity contribution in [2.45, 2.75) is 11.5 Å². The monoisotopic (exact) mass is 380 g/mol. The Labute approximate surface area is 159 Å². The highest BCUT2D eigenvalue weighted by Gasteiger charge is 2.53. The highest BCUT2D eigenvalue weighted by Crippen LogP contribution is 2.57. The molecule has 2 heterocycles. The average Bonchev–Trinajstić information content (AvgIpc) is 2.94. The summed E-state index contributed by atoms with van der Waals surface area (Å²) in [6.45, 7) is 0. The van der Waals surface area contributed by atoms with Crippen LogP contribution in [0.15, 0.2) is 54.6 Å². The van der Waals surface area contributed by atoms with Gasteiger partial charge in [-0.15, -0.1) is 11.6 Å². The van der Waals surface area contributed by atoms with Crippen LogP contribution in [0.4, 0.5) is 0 Å². The van der Waals surface area contributed by atoms with Gasteiger partial charge in [0.2, 0.25) is 0 Å². The molecule has 0 unspecified atom stereocenters. The van der Waals surface area contributed by atoms with Gasteiger partial charge >= 0.3 is 5.97 Å². The van der Waals surface area contributed by atoms with Crippen LogP contribution in [-0.2, 0) is 16.2 Å². The number of esters is 1. The third kappa shape index (κ3) is 2.09. The molecule has 0 fully saturated rings. The minimum absolute atomic E-state index is 0.0227. The quantitative estimate of drug-likeness (QED) is 0.483. The topological polar surface area (TPSA) is 76.0 Å². The molecule has 0 atom stereocenters. The fourth-order valence-electron chi connectivity index (χ4n) is 3.84. The van der Waals surface area contributed by atoms with Crippen LogP contribution >= 0.6 is 11.6 Å². The number of phenolic OH excluding ortho intramolecular Hbond substituents is 2. The van der Waals surface area contributed by atoms with Crippen LogP contribution in [0.3, 0.4) is 0 Å². The lowest BCUT2D eigenvalue weighted by Crippen LogP contribution is -2.32. The lowest BCUT2D eigenvalue weighted by Gasteiger charge is -2.36. The van der Waals surface area contributed by atoms with Gasteiger partial charge < -0.3 is 19.7 Å². The van der Waals surface area contributed by atoms with Crippen molar-refractivity contribution in [3.05, 3.63) is 82.4 Å². The lowest BCUT2D eigenvalue weighted by molar-refractivity contribution is 0.0224. The molecule has 5 rings (SSSR count). The molecular formula is C21H13ClO5. The molecule has 3 aromatic carbocycles. The van der Waals surface area contributed by atoms with Gasteiger partial charge in [0.1, 0.15) is 23.0 Å². The summed E-state index contributed by atoms with van der Waals surface area (Å²) in [6.07, 6.45) is 0. The van der Waals surface area contributed by atoms with Crippen LogP contribution in [0.2, 0.25) is 0 Å². The van der Waals surface area contributed by atoms with Gasteiger partial charge in [-0.1, -0.05) is 12.1 Å². The zero-order chi connectivity index (χ0) is 18.8. The molecule has 5 nitrogen and oxygen atoms in total. The molecule has 2 aliphatic heterocycles. The number of hydrogen-bond acceptors (Lipinski definition) is 5. The van der Waals surface area contributed by atoms with Crippen molar-refractivity contribution in [1.29, 1.82) is 0 Å². The van der Waals surface area contributed by atoms with Gasteiger partial charge in [0.25, 0.3) is 0 Å². The zero-order valence-corrected chi connectivity index (χ0v) is 14.7. The Hall–Kier alpha value is -3.18. The van der Waals surface area contributed by atoms with Gasteiger partial charge in [-0.3, -0.25) is 0 Å². The van der Waals surface area contributed by atoms with Crippen LogP contribution in [-0.4, -0.2) is 16.2 Å². The van der Waals surface area contributed by atoms with E-state index in [1.165, 1.54) is 24.3 Å². The van der Waals surface area contributed by atoms with E-state index in [4.69, 9.17) is 21.1 Å². The summed E-state index contributed by atoms with van der Waals surface area (Å²) in [6, 6.07) is 14.7. The zero-order valence-electron chi connectivity index (χ0n) is 13.9. The third-order valence-corrected chi connectivity index (χ3v) is 5.30. The SMILES string of the molecule is O=C1OC2(c3ccc(O)cc3Oc3cc(O)ccc32)c2ccc(CCl)cc21. The molecule has 0 amide bonds. The second-order valence-electron chi connectivity index (χ2n) is 6.55. The summed E-state index contributed by atoms with van der Waals surface area (Å²) in [5.74, 6) is 0.581. The molecule has 27 heavy (non-hydrogen) atoms. The molecule has 0 saturated carbocycles. The van der Waals surface area contributed by atoms with E-state index >= 15 is 0 Å². The van der Waals surface area contributed by atoms with Crippen molar-refractivity contribution in [2.24, 2.45) is 0 Å². The van der Waals surface area contributed by atoms with E-state index in [2.05, 4.69) is 0 Å². The number of alkyl halides is 1. The maximum absolute atomic E-state index is 12.8. The number of carbonyl (C=O) groups excluding carboxylic acids is 1. The molecule has 0 aromatic heterocycles. The Morgan fingerprint density at radius 2 is 1.44 bits per heavy atom. The summed E-state index contributed by atoms with van der Waals surface area (Å²) in [5.41, 5.74) is 1.90. The van der Waals surface area contributed by atoms with Crippen molar-refractivity contribution in [3.8, 4) is 23.0 Å². The molecular weight excluding hydrogens is 368 g/mol. The van der Waals surface area contributed by atoms with E-state index in [9.17, 15) is 15.0 Å². The summed E-state index contributed by atoms with van der Waals surface area (Å²) < 4.78 is 11.9. The number of phenols is 2. The van der Waals surface area contributed by atoms with Gasteiger partial charge in [0, 0.05) is 34.7 Å². The molecule has 1 spiro atoms. The number of fused-ring (bicyclic) bond motifs is 6. The molecule has 0 saturated heterocycles. The second-order valence-corrected chi connectivity index (χ2v) is 6.81. The predicted molar refractivity (Wildman–Crippen MR) is 97.6 cm³/mol. The lowest BCUT2D eigenvalue weighted by atomic mass is 9.77. The van der Waals surface area contributed by atoms with Crippen molar-refractivity contribution in [2.75, 3.05) is 0 Å². The highest BCUT2D eigenvalue weighted by molar-refractivity contribution is 6.17. The number of rotatable bonds is 1. The van der Waals surface area contributed by atoms with Gasteiger partial charge in [-0.2, -0.15) is 0 Å². The summed E-state index contributed by atoms with van der Waals surface area (Å²) in [5, 5.41) is 19.8. The largest absolute Gasteiger partial charge is 0.508 e. The number of hydrogen-bond donors (Lipinski definition) is 2. The molecule has 0 aliphatic carbocycles. The normalized spacial score (nSPS) is 15.5. The minimum Gasteiger partial charge on any atom is -0.508 e. The van der Waals surface area contributed by atoms with Crippen LogP contribution in [0.1, 0.15) is 32.6 Å². The van der Waals surface area contributed by atoms with Crippen LogP contribution in [0.5, 0.6) is 23.0 Å². The Morgan fingerprint density at radius 1 is 0.852 bits per heavy atom. The van der Waals surface area contributed by atoms with Crippen molar-refractivity contribution >= 4 is 17.6 Å². The van der Waals surface area contributed by atoms with Gasteiger partial charge in [0.15, 0.2) is 5.60 Å². The average molecular weight is 381 g/mol. The van der Waals surface area contributed by atoms with E-state index in [0.29, 0.717) is 33.8 Å². The maximum atomic E-state index is 12.8. The van der Waals surface area contributed by atoms with E-state index in [-0.39, 0.29) is 17.4 Å². The first-order chi connectivity index (χ1) is 13.0. The fraction of sp³-hybridized carbons (Fsp3) is 0.0952. The van der Waals surface area contributed by atoms with Crippen LogP contribution < -0.4 is 4.74 Å². The minimum atomic E-state index is -1.22. The molecule has 2 N–H and O–H groups in total. The van der Waals surface area contributed by atoms with E-state index < -0.39 is 11.6 Å². The maximum Gasteiger partial charge on any atom is 0.340 e. The first kappa shape index (κ1) is 16.0. The van der Waals surface area contributed by atoms with E-state index in [0.717, 1.165) is 5.56 Å². The molecule has 3 aromatic rings. The predicted octanol–water partition coefficient (Wildman–Crippen LogP) is 4.40. The fourth-order valence-corrected chi connectivity index (χ4v) is 4.00. The number of ether oxygens (including phenoxy) is 2. The third-order valence-electron chi connectivity index (χ3n) is 4.99.